The lowest BCUT2D eigenvalue weighted by molar-refractivity contribution is 0.481. The van der Waals surface area contributed by atoms with E-state index in [1.165, 1.54) is 30.7 Å². The largest absolute Gasteiger partial charge is 0.368 e. The Labute approximate surface area is 223 Å². The summed E-state index contributed by atoms with van der Waals surface area (Å²) in [6.07, 6.45) is 3.58. The number of piperidine rings is 1. The second kappa shape index (κ2) is 11.7. The summed E-state index contributed by atoms with van der Waals surface area (Å²) in [7, 11) is 0. The lowest BCUT2D eigenvalue weighted by Gasteiger charge is -2.38. The number of piperazine rings is 1. The molecule has 0 spiro atoms. The number of benzene rings is 2. The predicted octanol–water partition coefficient (Wildman–Crippen LogP) is 4.81. The summed E-state index contributed by atoms with van der Waals surface area (Å²) in [6.45, 7) is 7.38. The normalized spacial score (nSPS) is 18.0. The van der Waals surface area contributed by atoms with E-state index in [9.17, 15) is 4.39 Å². The standard InChI is InChI=1S/C28H34FN7S/c1-21-7-5-6-14-36(21)26-19-25(35-17-15-34(16-18-35)24-8-3-2-4-9-24)31-27(32-26)33-28(37)30-20-22-10-12-23(29)13-11-22/h2-4,8-13,19,21H,5-7,14-18,20H2,1H3,(H2,30,31,32,33,37). The van der Waals surface area contributed by atoms with Gasteiger partial charge in [0.2, 0.25) is 5.95 Å². The lowest BCUT2D eigenvalue weighted by atomic mass is 10.0. The molecule has 0 amide bonds. The summed E-state index contributed by atoms with van der Waals surface area (Å²) in [5.74, 6) is 2.09. The van der Waals surface area contributed by atoms with Gasteiger partial charge in [-0.1, -0.05) is 30.3 Å². The summed E-state index contributed by atoms with van der Waals surface area (Å²) >= 11 is 5.54. The third-order valence-electron chi connectivity index (χ3n) is 7.11. The van der Waals surface area contributed by atoms with Crippen molar-refractivity contribution in [3.05, 3.63) is 72.0 Å². The molecule has 2 fully saturated rings. The first kappa shape index (κ1) is 25.2. The minimum absolute atomic E-state index is 0.251. The monoisotopic (exact) mass is 519 g/mol. The van der Waals surface area contributed by atoms with Crippen LogP contribution in [-0.4, -0.2) is 53.8 Å². The molecule has 2 aromatic carbocycles. The average molecular weight is 520 g/mol. The molecule has 1 atom stereocenters. The van der Waals surface area contributed by atoms with E-state index in [1.807, 2.05) is 0 Å². The number of rotatable bonds is 6. The molecule has 0 bridgehead atoms. The van der Waals surface area contributed by atoms with Crippen LogP contribution in [0, 0.1) is 5.82 Å². The molecule has 0 aliphatic carbocycles. The highest BCUT2D eigenvalue weighted by atomic mass is 32.1. The van der Waals surface area contributed by atoms with E-state index in [-0.39, 0.29) is 5.82 Å². The Morgan fingerprint density at radius 2 is 1.62 bits per heavy atom. The number of thiocarbonyl (C=S) groups is 1. The maximum atomic E-state index is 13.2. The van der Waals surface area contributed by atoms with Crippen molar-refractivity contribution in [3.8, 4) is 0 Å². The Morgan fingerprint density at radius 1 is 0.919 bits per heavy atom. The third kappa shape index (κ3) is 6.46. The zero-order valence-corrected chi connectivity index (χ0v) is 22.1. The fourth-order valence-corrected chi connectivity index (χ4v) is 5.15. The van der Waals surface area contributed by atoms with Crippen molar-refractivity contribution < 1.29 is 4.39 Å². The van der Waals surface area contributed by atoms with Crippen LogP contribution >= 0.6 is 12.2 Å². The molecule has 1 aromatic heterocycles. The van der Waals surface area contributed by atoms with Crippen LogP contribution in [0.1, 0.15) is 31.7 Å². The molecule has 7 nitrogen and oxygen atoms in total. The van der Waals surface area contributed by atoms with Gasteiger partial charge in [-0.2, -0.15) is 9.97 Å². The molecular formula is C28H34FN7S. The summed E-state index contributed by atoms with van der Waals surface area (Å²) < 4.78 is 13.2. The highest BCUT2D eigenvalue weighted by Gasteiger charge is 2.24. The van der Waals surface area contributed by atoms with E-state index < -0.39 is 0 Å². The van der Waals surface area contributed by atoms with Gasteiger partial charge in [-0.3, -0.25) is 0 Å². The Balaban J connectivity index is 1.31. The molecule has 3 heterocycles. The maximum absolute atomic E-state index is 13.2. The fourth-order valence-electron chi connectivity index (χ4n) is 4.99. The van der Waals surface area contributed by atoms with Gasteiger partial charge in [0.25, 0.3) is 0 Å². The van der Waals surface area contributed by atoms with Gasteiger partial charge in [0.05, 0.1) is 0 Å². The second-order valence-electron chi connectivity index (χ2n) is 9.69. The van der Waals surface area contributed by atoms with Gasteiger partial charge in [-0.15, -0.1) is 0 Å². The highest BCUT2D eigenvalue weighted by molar-refractivity contribution is 7.80. The predicted molar refractivity (Wildman–Crippen MR) is 153 cm³/mol. The molecule has 1 unspecified atom stereocenters. The zero-order chi connectivity index (χ0) is 25.6. The summed E-state index contributed by atoms with van der Waals surface area (Å²) in [5, 5.41) is 6.81. The molecule has 5 rings (SSSR count). The first-order chi connectivity index (χ1) is 18.0. The molecule has 2 aliphatic rings. The van der Waals surface area contributed by atoms with E-state index in [4.69, 9.17) is 22.2 Å². The lowest BCUT2D eigenvalue weighted by Crippen LogP contribution is -2.47. The molecule has 9 heteroatoms. The number of hydrogen-bond donors (Lipinski definition) is 2. The molecule has 194 valence electrons. The highest BCUT2D eigenvalue weighted by Crippen LogP contribution is 2.28. The summed E-state index contributed by atoms with van der Waals surface area (Å²) in [5.41, 5.74) is 2.20. The molecular weight excluding hydrogens is 485 g/mol. The van der Waals surface area contributed by atoms with E-state index >= 15 is 0 Å². The smallest absolute Gasteiger partial charge is 0.232 e. The van der Waals surface area contributed by atoms with Gasteiger partial charge >= 0.3 is 0 Å². The van der Waals surface area contributed by atoms with Crippen LogP contribution in [0.25, 0.3) is 0 Å². The van der Waals surface area contributed by atoms with Gasteiger partial charge in [0, 0.05) is 57.1 Å². The number of hydrogen-bond acceptors (Lipinski definition) is 6. The Kier molecular flexibility index (Phi) is 7.99. The van der Waals surface area contributed by atoms with Crippen molar-refractivity contribution >= 4 is 40.6 Å². The van der Waals surface area contributed by atoms with E-state index in [2.05, 4.69) is 68.7 Å². The van der Waals surface area contributed by atoms with Crippen LogP contribution in [-0.2, 0) is 6.54 Å². The zero-order valence-electron chi connectivity index (χ0n) is 21.2. The Morgan fingerprint density at radius 3 is 2.35 bits per heavy atom. The first-order valence-electron chi connectivity index (χ1n) is 13.0. The van der Waals surface area contributed by atoms with Crippen molar-refractivity contribution in [3.63, 3.8) is 0 Å². The summed E-state index contributed by atoms with van der Waals surface area (Å²) in [4.78, 5) is 16.9. The van der Waals surface area contributed by atoms with Gasteiger partial charge in [-0.05, 0) is 68.2 Å². The van der Waals surface area contributed by atoms with Gasteiger partial charge in [0.1, 0.15) is 17.5 Å². The van der Waals surface area contributed by atoms with Crippen LogP contribution in [0.4, 0.5) is 27.7 Å². The number of nitrogens with one attached hydrogen (secondary N) is 2. The number of para-hydroxylation sites is 1. The van der Waals surface area contributed by atoms with Gasteiger partial charge < -0.3 is 25.3 Å². The second-order valence-corrected chi connectivity index (χ2v) is 10.1. The molecule has 37 heavy (non-hydrogen) atoms. The first-order valence-corrected chi connectivity index (χ1v) is 13.5. The van der Waals surface area contributed by atoms with Crippen LogP contribution in [0.3, 0.4) is 0 Å². The minimum atomic E-state index is -0.251. The van der Waals surface area contributed by atoms with Crippen LogP contribution in [0.5, 0.6) is 0 Å². The van der Waals surface area contributed by atoms with Gasteiger partial charge in [0.15, 0.2) is 5.11 Å². The van der Waals surface area contributed by atoms with Crippen LogP contribution in [0.15, 0.2) is 60.7 Å². The van der Waals surface area contributed by atoms with E-state index in [1.54, 1.807) is 12.1 Å². The SMILES string of the molecule is CC1CCCCN1c1cc(N2CCN(c3ccccc3)CC2)nc(NC(=S)NCc2ccc(F)cc2)n1. The molecule has 2 saturated heterocycles. The molecule has 2 N–H and O–H groups in total. The maximum Gasteiger partial charge on any atom is 0.232 e. The Bertz CT molecular complexity index is 1180. The van der Waals surface area contributed by atoms with Crippen molar-refractivity contribution in [1.82, 2.24) is 15.3 Å². The van der Waals surface area contributed by atoms with Crippen LogP contribution < -0.4 is 25.3 Å². The third-order valence-corrected chi connectivity index (χ3v) is 7.36. The average Bonchev–Trinajstić information content (AvgIpc) is 2.93. The van der Waals surface area contributed by atoms with Gasteiger partial charge in [-0.25, -0.2) is 4.39 Å². The summed E-state index contributed by atoms with van der Waals surface area (Å²) in [6, 6.07) is 19.5. The number of aromatic nitrogens is 2. The number of halogens is 1. The molecule has 0 radical (unpaired) electrons. The van der Waals surface area contributed by atoms with Crippen molar-refractivity contribution in [1.29, 1.82) is 0 Å². The van der Waals surface area contributed by atoms with Crippen molar-refractivity contribution in [2.24, 2.45) is 0 Å². The number of anilines is 4. The Hall–Kier alpha value is -3.46. The molecule has 2 aliphatic heterocycles. The molecule has 3 aromatic rings. The van der Waals surface area contributed by atoms with Crippen molar-refractivity contribution in [2.75, 3.05) is 52.7 Å². The van der Waals surface area contributed by atoms with Crippen LogP contribution in [0.2, 0.25) is 0 Å². The molecule has 0 saturated carbocycles. The number of nitrogens with zero attached hydrogens (tertiary/aromatic N) is 5. The topological polar surface area (TPSA) is 59.6 Å². The van der Waals surface area contributed by atoms with E-state index in [0.29, 0.717) is 23.6 Å². The quantitative estimate of drug-likeness (QED) is 0.450. The fraction of sp³-hybridized carbons (Fsp3) is 0.393. The van der Waals surface area contributed by atoms with Crippen molar-refractivity contribution in [2.45, 2.75) is 38.8 Å². The minimum Gasteiger partial charge on any atom is -0.368 e. The van der Waals surface area contributed by atoms with E-state index in [0.717, 1.165) is 56.3 Å².